The van der Waals surface area contributed by atoms with Crippen molar-refractivity contribution < 1.29 is 28.9 Å². The van der Waals surface area contributed by atoms with E-state index in [1.165, 1.54) is 11.9 Å². The van der Waals surface area contributed by atoms with Gasteiger partial charge in [0, 0.05) is 5.82 Å². The number of aliphatic hydroxyl groups is 1. The Morgan fingerprint density at radius 2 is 1.79 bits per heavy atom. The molecule has 3 N–H and O–H groups in total. The standard InChI is InChI=1S/C27H40FO5P/c1-6-26(7-2)16-22(20-10-11-24(28)19(5)14-20)23(27(8-3,9-4)18-26)12-13-34(32,33)17-21(29)15-25(30)31/h10-14,21,29H,6-9,15-18H2,1-5H3,(H,30,31)(H,32,33)/b13-12+/t21-/m0/s1. The van der Waals surface area contributed by atoms with Gasteiger partial charge in [-0.25, -0.2) is 4.39 Å². The minimum Gasteiger partial charge on any atom is -0.481 e. The van der Waals surface area contributed by atoms with E-state index in [4.69, 9.17) is 5.11 Å². The minimum absolute atomic E-state index is 0.0849. The molecule has 0 aromatic heterocycles. The molecule has 1 unspecified atom stereocenters. The van der Waals surface area contributed by atoms with Gasteiger partial charge in [-0.3, -0.25) is 9.36 Å². The molecule has 0 heterocycles. The van der Waals surface area contributed by atoms with Crippen molar-refractivity contribution in [2.24, 2.45) is 10.8 Å². The van der Waals surface area contributed by atoms with Gasteiger partial charge in [0.15, 0.2) is 0 Å². The number of carbonyl (C=O) groups is 1. The highest BCUT2D eigenvalue weighted by molar-refractivity contribution is 7.61. The molecule has 1 aliphatic rings. The topological polar surface area (TPSA) is 94.8 Å². The third-order valence-corrected chi connectivity index (χ3v) is 9.44. The molecule has 0 saturated heterocycles. The number of halogens is 1. The zero-order valence-corrected chi connectivity index (χ0v) is 22.0. The number of allylic oxidation sites excluding steroid dienone is 3. The summed E-state index contributed by atoms with van der Waals surface area (Å²) in [4.78, 5) is 21.4. The first-order valence-electron chi connectivity index (χ1n) is 12.3. The molecule has 0 saturated carbocycles. The summed E-state index contributed by atoms with van der Waals surface area (Å²) in [6, 6.07) is 5.12. The van der Waals surface area contributed by atoms with E-state index in [2.05, 4.69) is 27.7 Å². The number of carboxylic acid groups (broad SMARTS) is 1. The predicted molar refractivity (Wildman–Crippen MR) is 135 cm³/mol. The highest BCUT2D eigenvalue weighted by atomic mass is 31.2. The summed E-state index contributed by atoms with van der Waals surface area (Å²) in [6.45, 7) is 10.4. The van der Waals surface area contributed by atoms with Gasteiger partial charge in [-0.2, -0.15) is 0 Å². The fourth-order valence-corrected chi connectivity index (χ4v) is 6.72. The third-order valence-electron chi connectivity index (χ3n) is 7.88. The second kappa shape index (κ2) is 11.3. The van der Waals surface area contributed by atoms with Crippen LogP contribution in [-0.4, -0.2) is 33.3 Å². The summed E-state index contributed by atoms with van der Waals surface area (Å²) < 4.78 is 26.9. The number of benzene rings is 1. The van der Waals surface area contributed by atoms with Gasteiger partial charge >= 0.3 is 5.97 Å². The molecule has 2 rings (SSSR count). The van der Waals surface area contributed by atoms with E-state index in [1.54, 1.807) is 19.1 Å². The SMILES string of the molecule is CCC1(CC)CC(c2ccc(F)c(C)c2)=C(/C=C/P(=O)(O)C[C@@H](O)CC(=O)O)C(CC)(CC)C1. The lowest BCUT2D eigenvalue weighted by Crippen LogP contribution is -2.37. The van der Waals surface area contributed by atoms with Crippen molar-refractivity contribution in [3.8, 4) is 0 Å². The first kappa shape index (κ1) is 28.5. The maximum Gasteiger partial charge on any atom is 0.305 e. The molecular weight excluding hydrogens is 454 g/mol. The number of aliphatic carboxylic acids is 1. The fourth-order valence-electron chi connectivity index (χ4n) is 5.48. The van der Waals surface area contributed by atoms with Gasteiger partial charge in [-0.15, -0.1) is 0 Å². The predicted octanol–water partition coefficient (Wildman–Crippen LogP) is 6.91. The van der Waals surface area contributed by atoms with Crippen LogP contribution in [0.3, 0.4) is 0 Å². The summed E-state index contributed by atoms with van der Waals surface area (Å²) in [7, 11) is -3.92. The number of hydrogen-bond donors (Lipinski definition) is 3. The molecule has 0 aliphatic heterocycles. The van der Waals surface area contributed by atoms with Crippen LogP contribution in [-0.2, 0) is 9.36 Å². The molecule has 1 aromatic carbocycles. The van der Waals surface area contributed by atoms with Crippen molar-refractivity contribution >= 4 is 18.9 Å². The van der Waals surface area contributed by atoms with E-state index >= 15 is 0 Å². The molecule has 1 aliphatic carbocycles. The van der Waals surface area contributed by atoms with E-state index in [9.17, 15) is 23.7 Å². The highest BCUT2D eigenvalue weighted by Crippen LogP contribution is 2.59. The molecule has 7 heteroatoms. The second-order valence-electron chi connectivity index (χ2n) is 9.91. The van der Waals surface area contributed by atoms with Crippen molar-refractivity contribution in [2.75, 3.05) is 6.16 Å². The molecule has 0 spiro atoms. The molecule has 0 radical (unpaired) electrons. The summed E-state index contributed by atoms with van der Waals surface area (Å²) >= 11 is 0. The van der Waals surface area contributed by atoms with Crippen LogP contribution in [0.2, 0.25) is 0 Å². The van der Waals surface area contributed by atoms with Crippen LogP contribution in [0.1, 0.15) is 83.8 Å². The molecule has 190 valence electrons. The molecule has 5 nitrogen and oxygen atoms in total. The zero-order valence-electron chi connectivity index (χ0n) is 21.1. The maximum absolute atomic E-state index is 14.1. The van der Waals surface area contributed by atoms with Crippen molar-refractivity contribution in [2.45, 2.75) is 85.7 Å². The van der Waals surface area contributed by atoms with Gasteiger partial charge in [0.25, 0.3) is 0 Å². The normalized spacial score (nSPS) is 20.4. The molecule has 34 heavy (non-hydrogen) atoms. The van der Waals surface area contributed by atoms with Crippen LogP contribution in [0.5, 0.6) is 0 Å². The quantitative estimate of drug-likeness (QED) is 0.291. The Bertz CT molecular complexity index is 989. The van der Waals surface area contributed by atoms with Gasteiger partial charge in [0.1, 0.15) is 5.82 Å². The van der Waals surface area contributed by atoms with Crippen molar-refractivity contribution in [3.63, 3.8) is 0 Å². The Labute approximate surface area is 203 Å². The molecule has 0 amide bonds. The Morgan fingerprint density at radius 3 is 2.29 bits per heavy atom. The summed E-state index contributed by atoms with van der Waals surface area (Å²) in [6.07, 6.45) is 4.72. The number of aryl methyl sites for hydroxylation is 1. The van der Waals surface area contributed by atoms with Crippen molar-refractivity contribution in [1.29, 1.82) is 0 Å². The summed E-state index contributed by atoms with van der Waals surface area (Å²) in [5, 5.41) is 18.8. The van der Waals surface area contributed by atoms with Crippen LogP contribution in [0.15, 0.2) is 35.7 Å². The van der Waals surface area contributed by atoms with Gasteiger partial charge in [-0.05, 0) is 77.8 Å². The Hall–Kier alpha value is -1.75. The average Bonchev–Trinajstić information content (AvgIpc) is 2.78. The molecule has 0 bridgehead atoms. The fraction of sp³-hybridized carbons (Fsp3) is 0.593. The Balaban J connectivity index is 2.68. The van der Waals surface area contributed by atoms with Crippen molar-refractivity contribution in [1.82, 2.24) is 0 Å². The Morgan fingerprint density at radius 1 is 1.18 bits per heavy atom. The number of carboxylic acids is 1. The molecule has 1 aromatic rings. The minimum atomic E-state index is -3.92. The van der Waals surface area contributed by atoms with Gasteiger partial charge in [0.05, 0.1) is 18.7 Å². The van der Waals surface area contributed by atoms with E-state index in [0.29, 0.717) is 5.56 Å². The van der Waals surface area contributed by atoms with E-state index in [0.717, 1.165) is 55.2 Å². The van der Waals surface area contributed by atoms with Gasteiger partial charge < -0.3 is 15.1 Å². The largest absolute Gasteiger partial charge is 0.481 e. The average molecular weight is 495 g/mol. The lowest BCUT2D eigenvalue weighted by atomic mass is 9.55. The number of hydrogen-bond acceptors (Lipinski definition) is 3. The van der Waals surface area contributed by atoms with Crippen LogP contribution < -0.4 is 0 Å². The number of aliphatic hydroxyl groups excluding tert-OH is 1. The smallest absolute Gasteiger partial charge is 0.305 e. The lowest BCUT2D eigenvalue weighted by molar-refractivity contribution is -0.138. The monoisotopic (exact) mass is 494 g/mol. The van der Waals surface area contributed by atoms with E-state index in [1.807, 2.05) is 6.07 Å². The van der Waals surface area contributed by atoms with E-state index < -0.39 is 32.0 Å². The molecule has 2 atom stereocenters. The zero-order chi connectivity index (χ0) is 25.7. The Kier molecular flexibility index (Phi) is 9.49. The second-order valence-corrected chi connectivity index (χ2v) is 12.1. The summed E-state index contributed by atoms with van der Waals surface area (Å²) in [5.41, 5.74) is 3.42. The van der Waals surface area contributed by atoms with E-state index in [-0.39, 0.29) is 16.6 Å². The van der Waals surface area contributed by atoms with Gasteiger partial charge in [0.2, 0.25) is 7.37 Å². The van der Waals surface area contributed by atoms with Crippen molar-refractivity contribution in [3.05, 3.63) is 52.6 Å². The maximum atomic E-state index is 14.1. The van der Waals surface area contributed by atoms with Crippen LogP contribution in [0, 0.1) is 23.6 Å². The lowest BCUT2D eigenvalue weighted by Gasteiger charge is -2.49. The summed E-state index contributed by atoms with van der Waals surface area (Å²) in [5.74, 6) is -0.222. The molecular formula is C27H40FO5P. The van der Waals surface area contributed by atoms with Gasteiger partial charge in [-0.1, -0.05) is 52.7 Å². The molecule has 0 fully saturated rings. The highest BCUT2D eigenvalue weighted by Gasteiger charge is 2.45. The third kappa shape index (κ3) is 6.47. The van der Waals surface area contributed by atoms with Crippen LogP contribution >= 0.6 is 7.37 Å². The first-order valence-corrected chi connectivity index (χ1v) is 14.2. The first-order chi connectivity index (χ1) is 15.9. The van der Waals surface area contributed by atoms with Crippen LogP contribution in [0.4, 0.5) is 4.39 Å². The van der Waals surface area contributed by atoms with Crippen LogP contribution in [0.25, 0.3) is 5.57 Å². The number of rotatable bonds is 11.